The van der Waals surface area contributed by atoms with Crippen LogP contribution < -0.4 is 0 Å². The Morgan fingerprint density at radius 3 is 2.07 bits per heavy atom. The molecule has 2 aliphatic rings. The second-order valence-electron chi connectivity index (χ2n) is 8.72. The van der Waals surface area contributed by atoms with Gasteiger partial charge in [0, 0.05) is 50.9 Å². The fraction of sp³-hybridized carbons (Fsp3) is 0.591. The van der Waals surface area contributed by atoms with E-state index in [0.29, 0.717) is 43.3 Å². The number of piperazine rings is 1. The topological polar surface area (TPSA) is 76.9 Å². The zero-order chi connectivity index (χ0) is 21.0. The number of likely N-dealkylation sites (tertiary alicyclic amines) is 1. The van der Waals surface area contributed by atoms with E-state index in [9.17, 15) is 9.59 Å². The third-order valence-electron chi connectivity index (χ3n) is 5.49. The van der Waals surface area contributed by atoms with E-state index in [-0.39, 0.29) is 12.0 Å². The molecule has 7 nitrogen and oxygen atoms in total. The summed E-state index contributed by atoms with van der Waals surface area (Å²) in [6.45, 7) is 10.2. The summed E-state index contributed by atoms with van der Waals surface area (Å²) < 4.78 is 5.47. The Hall–Kier alpha value is -2.59. The fourth-order valence-corrected chi connectivity index (χ4v) is 3.90. The minimum absolute atomic E-state index is 0.0221. The molecule has 2 amide bonds. The molecule has 7 heteroatoms. The first-order valence-electron chi connectivity index (χ1n) is 10.3. The second kappa shape index (κ2) is 8.83. The van der Waals surface area contributed by atoms with Gasteiger partial charge < -0.3 is 14.5 Å². The fourth-order valence-electron chi connectivity index (χ4n) is 3.90. The summed E-state index contributed by atoms with van der Waals surface area (Å²) in [4.78, 5) is 31.0. The molecule has 2 saturated heterocycles. The summed E-state index contributed by atoms with van der Waals surface area (Å²) in [5.74, 6) is 0.0221. The van der Waals surface area contributed by atoms with Crippen molar-refractivity contribution in [3.05, 3.63) is 35.4 Å². The van der Waals surface area contributed by atoms with Gasteiger partial charge in [-0.05, 0) is 57.9 Å². The first kappa shape index (κ1) is 21.1. The van der Waals surface area contributed by atoms with Crippen LogP contribution in [-0.4, -0.2) is 77.6 Å². The monoisotopic (exact) mass is 398 g/mol. The summed E-state index contributed by atoms with van der Waals surface area (Å²) >= 11 is 0. The highest BCUT2D eigenvalue weighted by Gasteiger charge is 2.31. The molecule has 0 bridgehead atoms. The predicted molar refractivity (Wildman–Crippen MR) is 109 cm³/mol. The van der Waals surface area contributed by atoms with Crippen LogP contribution in [0.2, 0.25) is 0 Å². The molecule has 1 aromatic carbocycles. The highest BCUT2D eigenvalue weighted by Crippen LogP contribution is 2.21. The van der Waals surface area contributed by atoms with Gasteiger partial charge in [-0.1, -0.05) is 0 Å². The number of nitriles is 1. The molecule has 0 atom stereocenters. The Kier molecular flexibility index (Phi) is 6.43. The quantitative estimate of drug-likeness (QED) is 0.766. The Bertz CT molecular complexity index is 763. The maximum atomic E-state index is 12.7. The second-order valence-corrected chi connectivity index (χ2v) is 8.72. The number of piperidine rings is 1. The largest absolute Gasteiger partial charge is 0.444 e. The number of ether oxygens (including phenoxy) is 1. The first-order valence-corrected chi connectivity index (χ1v) is 10.3. The molecule has 0 spiro atoms. The standard InChI is InChI=1S/C22H30N4O3/c1-22(2,3)29-21(28)26-10-8-19(9-11-26)24-12-14-25(15-13-24)20(27)18-6-4-17(16-23)5-7-18/h4-7,19H,8-15H2,1-3H3. The van der Waals surface area contributed by atoms with Gasteiger partial charge in [-0.25, -0.2) is 4.79 Å². The summed E-state index contributed by atoms with van der Waals surface area (Å²) in [6, 6.07) is 9.33. The molecule has 1 aromatic rings. The SMILES string of the molecule is CC(C)(C)OC(=O)N1CCC(N2CCN(C(=O)c3ccc(C#N)cc3)CC2)CC1. The van der Waals surface area contributed by atoms with E-state index < -0.39 is 5.60 Å². The van der Waals surface area contributed by atoms with Gasteiger partial charge in [0.15, 0.2) is 0 Å². The molecular weight excluding hydrogens is 368 g/mol. The van der Waals surface area contributed by atoms with Crippen LogP contribution in [0.4, 0.5) is 4.79 Å². The van der Waals surface area contributed by atoms with Gasteiger partial charge in [0.25, 0.3) is 5.91 Å². The molecule has 3 rings (SSSR count). The number of benzene rings is 1. The van der Waals surface area contributed by atoms with E-state index in [1.54, 1.807) is 29.2 Å². The van der Waals surface area contributed by atoms with E-state index in [4.69, 9.17) is 10.00 Å². The van der Waals surface area contributed by atoms with Crippen LogP contribution in [-0.2, 0) is 4.74 Å². The lowest BCUT2D eigenvalue weighted by molar-refractivity contribution is 0.00984. The Morgan fingerprint density at radius 2 is 1.55 bits per heavy atom. The van der Waals surface area contributed by atoms with Crippen LogP contribution in [0, 0.1) is 11.3 Å². The summed E-state index contributed by atoms with van der Waals surface area (Å²) in [6.07, 6.45) is 1.64. The molecule has 2 heterocycles. The van der Waals surface area contributed by atoms with Gasteiger partial charge in [-0.2, -0.15) is 5.26 Å². The van der Waals surface area contributed by atoms with Crippen molar-refractivity contribution < 1.29 is 14.3 Å². The van der Waals surface area contributed by atoms with Crippen LogP contribution in [0.1, 0.15) is 49.5 Å². The van der Waals surface area contributed by atoms with Crippen molar-refractivity contribution in [3.63, 3.8) is 0 Å². The van der Waals surface area contributed by atoms with Gasteiger partial charge in [0.2, 0.25) is 0 Å². The van der Waals surface area contributed by atoms with Crippen LogP contribution in [0.5, 0.6) is 0 Å². The van der Waals surface area contributed by atoms with Gasteiger partial charge in [-0.3, -0.25) is 9.69 Å². The molecule has 0 unspecified atom stereocenters. The molecule has 2 aliphatic heterocycles. The summed E-state index contributed by atoms with van der Waals surface area (Å²) in [5.41, 5.74) is 0.721. The lowest BCUT2D eigenvalue weighted by atomic mass is 10.0. The third kappa shape index (κ3) is 5.48. The Balaban J connectivity index is 1.46. The van der Waals surface area contributed by atoms with E-state index in [2.05, 4.69) is 11.0 Å². The van der Waals surface area contributed by atoms with Gasteiger partial charge in [0.1, 0.15) is 5.60 Å². The van der Waals surface area contributed by atoms with E-state index >= 15 is 0 Å². The highest BCUT2D eigenvalue weighted by atomic mass is 16.6. The van der Waals surface area contributed by atoms with Crippen molar-refractivity contribution in [3.8, 4) is 6.07 Å². The summed E-state index contributed by atoms with van der Waals surface area (Å²) in [7, 11) is 0. The zero-order valence-electron chi connectivity index (χ0n) is 17.6. The van der Waals surface area contributed by atoms with Gasteiger partial charge in [-0.15, -0.1) is 0 Å². The van der Waals surface area contributed by atoms with Gasteiger partial charge in [0.05, 0.1) is 11.6 Å². The molecule has 0 aliphatic carbocycles. The number of hydrogen-bond donors (Lipinski definition) is 0. The maximum absolute atomic E-state index is 12.7. The number of rotatable bonds is 2. The molecule has 156 valence electrons. The number of carbonyl (C=O) groups excluding carboxylic acids is 2. The molecule has 0 N–H and O–H groups in total. The van der Waals surface area contributed by atoms with Gasteiger partial charge >= 0.3 is 6.09 Å². The van der Waals surface area contributed by atoms with Crippen LogP contribution in [0.15, 0.2) is 24.3 Å². The Morgan fingerprint density at radius 1 is 0.966 bits per heavy atom. The molecule has 0 saturated carbocycles. The van der Waals surface area contributed by atoms with Crippen LogP contribution in [0.3, 0.4) is 0 Å². The van der Waals surface area contributed by atoms with E-state index in [1.807, 2.05) is 25.7 Å². The molecule has 2 fully saturated rings. The summed E-state index contributed by atoms with van der Waals surface area (Å²) in [5, 5.41) is 8.89. The smallest absolute Gasteiger partial charge is 0.410 e. The minimum atomic E-state index is -0.467. The highest BCUT2D eigenvalue weighted by molar-refractivity contribution is 5.94. The third-order valence-corrected chi connectivity index (χ3v) is 5.49. The number of amides is 2. The molecule has 0 radical (unpaired) electrons. The lowest BCUT2D eigenvalue weighted by Crippen LogP contribution is -2.55. The Labute approximate surface area is 172 Å². The zero-order valence-corrected chi connectivity index (χ0v) is 17.6. The predicted octanol–water partition coefficient (Wildman–Crippen LogP) is 2.72. The van der Waals surface area contributed by atoms with Crippen LogP contribution in [0.25, 0.3) is 0 Å². The normalized spacial score (nSPS) is 19.0. The van der Waals surface area contributed by atoms with E-state index in [1.165, 1.54) is 0 Å². The first-order chi connectivity index (χ1) is 13.8. The molecule has 0 aromatic heterocycles. The van der Waals surface area contributed by atoms with Crippen molar-refractivity contribution >= 4 is 12.0 Å². The van der Waals surface area contributed by atoms with Crippen molar-refractivity contribution in [2.75, 3.05) is 39.3 Å². The van der Waals surface area contributed by atoms with Crippen molar-refractivity contribution in [2.24, 2.45) is 0 Å². The average Bonchev–Trinajstić information content (AvgIpc) is 2.72. The lowest BCUT2D eigenvalue weighted by Gasteiger charge is -2.42. The minimum Gasteiger partial charge on any atom is -0.444 e. The number of nitrogens with zero attached hydrogens (tertiary/aromatic N) is 4. The molecule has 29 heavy (non-hydrogen) atoms. The maximum Gasteiger partial charge on any atom is 0.410 e. The number of carbonyl (C=O) groups is 2. The van der Waals surface area contributed by atoms with E-state index in [0.717, 1.165) is 25.9 Å². The number of hydrogen-bond acceptors (Lipinski definition) is 5. The average molecular weight is 399 g/mol. The van der Waals surface area contributed by atoms with Crippen LogP contribution >= 0.6 is 0 Å². The molecular formula is C22H30N4O3. The van der Waals surface area contributed by atoms with Crippen molar-refractivity contribution in [2.45, 2.75) is 45.3 Å². The van der Waals surface area contributed by atoms with Crippen molar-refractivity contribution in [1.29, 1.82) is 5.26 Å². The van der Waals surface area contributed by atoms with Crippen molar-refractivity contribution in [1.82, 2.24) is 14.7 Å².